The number of hydrogen-bond donors (Lipinski definition) is 0. The maximum Gasteiger partial charge on any atom is 0.338 e. The van der Waals surface area contributed by atoms with Crippen LogP contribution >= 0.6 is 0 Å². The molecule has 1 atom stereocenters. The molecule has 0 fully saturated rings. The van der Waals surface area contributed by atoms with Crippen molar-refractivity contribution in [1.29, 1.82) is 0 Å². The van der Waals surface area contributed by atoms with Gasteiger partial charge in [0.15, 0.2) is 6.10 Å². The molecule has 0 N–H and O–H groups in total. The average Bonchev–Trinajstić information content (AvgIpc) is 3.08. The molecule has 1 aliphatic rings. The number of hydrogen-bond acceptors (Lipinski definition) is 3. The minimum Gasteiger partial charge on any atom is -0.449 e. The average molecular weight is 355 g/mol. The molecular formula is C21H22FNO3. The molecule has 26 heavy (non-hydrogen) atoms. The summed E-state index contributed by atoms with van der Waals surface area (Å²) in [6.07, 6.45) is 2.22. The van der Waals surface area contributed by atoms with Gasteiger partial charge in [0.1, 0.15) is 5.82 Å². The van der Waals surface area contributed by atoms with Crippen LogP contribution < -0.4 is 0 Å². The Labute approximate surface area is 152 Å². The first-order valence-corrected chi connectivity index (χ1v) is 8.76. The van der Waals surface area contributed by atoms with Crippen LogP contribution in [-0.4, -0.2) is 29.9 Å². The van der Waals surface area contributed by atoms with E-state index in [1.54, 1.807) is 32.2 Å². The monoisotopic (exact) mass is 355 g/mol. The molecule has 0 spiro atoms. The van der Waals surface area contributed by atoms with Crippen molar-refractivity contribution in [2.24, 2.45) is 0 Å². The van der Waals surface area contributed by atoms with Crippen molar-refractivity contribution < 1.29 is 18.7 Å². The molecule has 2 aromatic rings. The van der Waals surface area contributed by atoms with Crippen LogP contribution in [0.25, 0.3) is 0 Å². The maximum absolute atomic E-state index is 13.3. The van der Waals surface area contributed by atoms with E-state index in [0.29, 0.717) is 11.1 Å². The van der Waals surface area contributed by atoms with Gasteiger partial charge in [0.2, 0.25) is 0 Å². The number of esters is 1. The second kappa shape index (κ2) is 7.68. The molecule has 0 saturated heterocycles. The Bertz CT molecular complexity index is 834. The molecule has 0 aromatic heterocycles. The van der Waals surface area contributed by atoms with Crippen molar-refractivity contribution in [3.05, 3.63) is 70.5 Å². The molecule has 3 rings (SSSR count). The van der Waals surface area contributed by atoms with Crippen LogP contribution in [0.2, 0.25) is 0 Å². The zero-order chi connectivity index (χ0) is 18.7. The number of amides is 1. The molecular weight excluding hydrogens is 333 g/mol. The third-order valence-corrected chi connectivity index (χ3v) is 4.65. The largest absolute Gasteiger partial charge is 0.449 e. The van der Waals surface area contributed by atoms with Gasteiger partial charge in [-0.2, -0.15) is 0 Å². The molecule has 4 nitrogen and oxygen atoms in total. The van der Waals surface area contributed by atoms with Gasteiger partial charge in [-0.05, 0) is 67.1 Å². The van der Waals surface area contributed by atoms with Crippen LogP contribution in [0.15, 0.2) is 42.5 Å². The van der Waals surface area contributed by atoms with E-state index in [1.807, 2.05) is 12.1 Å². The lowest BCUT2D eigenvalue weighted by atomic mass is 10.1. The Morgan fingerprint density at radius 3 is 2.69 bits per heavy atom. The number of carbonyl (C=O) groups excluding carboxylic acids is 2. The van der Waals surface area contributed by atoms with E-state index in [2.05, 4.69) is 0 Å². The summed E-state index contributed by atoms with van der Waals surface area (Å²) in [6, 6.07) is 11.6. The summed E-state index contributed by atoms with van der Waals surface area (Å²) in [5.41, 5.74) is 3.61. The topological polar surface area (TPSA) is 46.6 Å². The van der Waals surface area contributed by atoms with Crippen molar-refractivity contribution in [2.75, 3.05) is 7.05 Å². The third kappa shape index (κ3) is 4.10. The van der Waals surface area contributed by atoms with Gasteiger partial charge in [-0.15, -0.1) is 0 Å². The van der Waals surface area contributed by atoms with Gasteiger partial charge in [0, 0.05) is 13.6 Å². The fraction of sp³-hybridized carbons (Fsp3) is 0.333. The number of rotatable bonds is 5. The molecule has 0 heterocycles. The summed E-state index contributed by atoms with van der Waals surface area (Å²) >= 11 is 0. The first-order chi connectivity index (χ1) is 12.4. The Balaban J connectivity index is 1.60. The molecule has 1 unspecified atom stereocenters. The molecule has 0 saturated carbocycles. The number of aryl methyl sites for hydroxylation is 2. The second-order valence-electron chi connectivity index (χ2n) is 6.71. The highest BCUT2D eigenvalue weighted by Gasteiger charge is 2.23. The Morgan fingerprint density at radius 2 is 1.92 bits per heavy atom. The SMILES string of the molecule is CC(OC(=O)c1ccc2c(c1)CCC2)C(=O)N(C)Cc1cccc(F)c1. The van der Waals surface area contributed by atoms with Crippen LogP contribution in [0.1, 0.15) is 40.4 Å². The number of ether oxygens (including phenoxy) is 1. The molecule has 0 aliphatic heterocycles. The van der Waals surface area contributed by atoms with E-state index in [0.717, 1.165) is 19.3 Å². The van der Waals surface area contributed by atoms with Gasteiger partial charge in [0.05, 0.1) is 5.56 Å². The number of likely N-dealkylation sites (N-methyl/N-ethyl adjacent to an activating group) is 1. The number of carbonyl (C=O) groups is 2. The predicted molar refractivity (Wildman–Crippen MR) is 96.2 cm³/mol. The maximum atomic E-state index is 13.3. The quantitative estimate of drug-likeness (QED) is 0.771. The first kappa shape index (κ1) is 18.1. The standard InChI is InChI=1S/C21H22FNO3/c1-14(20(24)23(2)13-15-5-3-8-19(22)11-15)26-21(25)18-10-9-16-6-4-7-17(16)12-18/h3,5,8-12,14H,4,6-7,13H2,1-2H3. The highest BCUT2D eigenvalue weighted by Crippen LogP contribution is 2.23. The lowest BCUT2D eigenvalue weighted by molar-refractivity contribution is -0.139. The summed E-state index contributed by atoms with van der Waals surface area (Å²) < 4.78 is 18.6. The molecule has 1 amide bonds. The fourth-order valence-electron chi connectivity index (χ4n) is 3.28. The molecule has 136 valence electrons. The van der Waals surface area contributed by atoms with Crippen LogP contribution in [0.3, 0.4) is 0 Å². The summed E-state index contributed by atoms with van der Waals surface area (Å²) in [5, 5.41) is 0. The minimum absolute atomic E-state index is 0.247. The zero-order valence-electron chi connectivity index (χ0n) is 15.0. The van der Waals surface area contributed by atoms with Gasteiger partial charge in [0.25, 0.3) is 5.91 Å². The van der Waals surface area contributed by atoms with Crippen molar-refractivity contribution in [3.8, 4) is 0 Å². The molecule has 2 aromatic carbocycles. The number of fused-ring (bicyclic) bond motifs is 1. The minimum atomic E-state index is -0.908. The summed E-state index contributed by atoms with van der Waals surface area (Å²) in [4.78, 5) is 26.2. The van der Waals surface area contributed by atoms with Gasteiger partial charge >= 0.3 is 5.97 Å². The molecule has 1 aliphatic carbocycles. The van der Waals surface area contributed by atoms with Crippen molar-refractivity contribution in [2.45, 2.75) is 38.8 Å². The van der Waals surface area contributed by atoms with Gasteiger partial charge in [-0.1, -0.05) is 18.2 Å². The van der Waals surface area contributed by atoms with Crippen molar-refractivity contribution in [1.82, 2.24) is 4.90 Å². The van der Waals surface area contributed by atoms with Crippen LogP contribution in [0, 0.1) is 5.82 Å². The predicted octanol–water partition coefficient (Wildman–Crippen LogP) is 3.52. The van der Waals surface area contributed by atoms with E-state index in [1.165, 1.54) is 28.2 Å². The number of nitrogens with zero attached hydrogens (tertiary/aromatic N) is 1. The Morgan fingerprint density at radius 1 is 1.15 bits per heavy atom. The summed E-state index contributed by atoms with van der Waals surface area (Å²) in [6.45, 7) is 1.80. The van der Waals surface area contributed by atoms with E-state index >= 15 is 0 Å². The molecule has 5 heteroatoms. The van der Waals surface area contributed by atoms with Crippen molar-refractivity contribution >= 4 is 11.9 Å². The van der Waals surface area contributed by atoms with Crippen LogP contribution in [0.4, 0.5) is 4.39 Å². The van der Waals surface area contributed by atoms with Gasteiger partial charge in [-0.25, -0.2) is 9.18 Å². The van der Waals surface area contributed by atoms with Gasteiger partial charge in [-0.3, -0.25) is 4.79 Å². The van der Waals surface area contributed by atoms with E-state index < -0.39 is 12.1 Å². The molecule has 0 bridgehead atoms. The van der Waals surface area contributed by atoms with E-state index in [4.69, 9.17) is 4.74 Å². The van der Waals surface area contributed by atoms with E-state index in [-0.39, 0.29) is 18.3 Å². The van der Waals surface area contributed by atoms with E-state index in [9.17, 15) is 14.0 Å². The normalized spacial score (nSPS) is 13.8. The Kier molecular flexibility index (Phi) is 5.35. The highest BCUT2D eigenvalue weighted by atomic mass is 19.1. The molecule has 0 radical (unpaired) electrons. The summed E-state index contributed by atoms with van der Waals surface area (Å²) in [7, 11) is 1.60. The highest BCUT2D eigenvalue weighted by molar-refractivity contribution is 5.92. The summed E-state index contributed by atoms with van der Waals surface area (Å²) in [5.74, 6) is -1.18. The van der Waals surface area contributed by atoms with Crippen molar-refractivity contribution in [3.63, 3.8) is 0 Å². The lowest BCUT2D eigenvalue weighted by Crippen LogP contribution is -2.37. The first-order valence-electron chi connectivity index (χ1n) is 8.76. The lowest BCUT2D eigenvalue weighted by Gasteiger charge is -2.21. The van der Waals surface area contributed by atoms with Crippen LogP contribution in [0.5, 0.6) is 0 Å². The van der Waals surface area contributed by atoms with Gasteiger partial charge < -0.3 is 9.64 Å². The zero-order valence-corrected chi connectivity index (χ0v) is 15.0. The van der Waals surface area contributed by atoms with Crippen LogP contribution in [-0.2, 0) is 28.9 Å². The smallest absolute Gasteiger partial charge is 0.338 e. The fourth-order valence-corrected chi connectivity index (χ4v) is 3.28. The number of halogens is 1. The Hall–Kier alpha value is -2.69. The third-order valence-electron chi connectivity index (χ3n) is 4.65. The second-order valence-corrected chi connectivity index (χ2v) is 6.71. The number of benzene rings is 2.